The van der Waals surface area contributed by atoms with Crippen LogP contribution in [0.5, 0.6) is 5.75 Å². The van der Waals surface area contributed by atoms with E-state index in [2.05, 4.69) is 15.5 Å². The molecule has 7 heteroatoms. The Hall–Kier alpha value is -3.06. The summed E-state index contributed by atoms with van der Waals surface area (Å²) in [6.07, 6.45) is 0. The van der Waals surface area contributed by atoms with Gasteiger partial charge in [0.1, 0.15) is 5.75 Å². The van der Waals surface area contributed by atoms with Gasteiger partial charge in [-0.1, -0.05) is 12.1 Å². The number of quaternary nitrogens is 1. The number of nitrogens with zero attached hydrogens (tertiary/aromatic N) is 1. The number of hydrogen-bond acceptors (Lipinski definition) is 4. The first kappa shape index (κ1) is 18.7. The summed E-state index contributed by atoms with van der Waals surface area (Å²) in [5.41, 5.74) is 2.26. The molecule has 4 N–H and O–H groups in total. The number of piperazine rings is 1. The highest BCUT2D eigenvalue weighted by molar-refractivity contribution is 5.92. The molecule has 0 aliphatic carbocycles. The minimum Gasteiger partial charge on any atom is -0.506 e. The first-order chi connectivity index (χ1) is 13.0. The van der Waals surface area contributed by atoms with Gasteiger partial charge in [0.15, 0.2) is 6.54 Å². The van der Waals surface area contributed by atoms with E-state index >= 15 is 0 Å². The predicted octanol–water partition coefficient (Wildman–Crippen LogP) is 0.694. The zero-order valence-electron chi connectivity index (χ0n) is 15.4. The maximum Gasteiger partial charge on any atom is 0.279 e. The first-order valence-corrected chi connectivity index (χ1v) is 9.05. The number of aromatic hydroxyl groups is 1. The lowest BCUT2D eigenvalue weighted by Crippen LogP contribution is -3.15. The Labute approximate surface area is 158 Å². The van der Waals surface area contributed by atoms with Crippen molar-refractivity contribution in [2.45, 2.75) is 6.92 Å². The topological polar surface area (TPSA) is 86.1 Å². The summed E-state index contributed by atoms with van der Waals surface area (Å²) >= 11 is 0. The second kappa shape index (κ2) is 8.55. The number of nitrogens with one attached hydrogen (secondary N) is 3. The molecule has 2 aromatic carbocycles. The van der Waals surface area contributed by atoms with Crippen molar-refractivity contribution in [2.24, 2.45) is 0 Å². The standard InChI is InChI=1S/C20H24N4O3/c1-15(25)21-16-6-8-17(9-7-16)22-20(27)14-23-10-12-24(13-11-23)18-4-2-3-5-19(18)26/h2-9,26H,10-14H2,1H3,(H,21,25)(H,22,27)/p+1. The molecule has 0 unspecified atom stereocenters. The third kappa shape index (κ3) is 5.21. The van der Waals surface area contributed by atoms with Gasteiger partial charge in [0.25, 0.3) is 5.91 Å². The zero-order valence-corrected chi connectivity index (χ0v) is 15.4. The van der Waals surface area contributed by atoms with Crippen LogP contribution in [0, 0.1) is 0 Å². The largest absolute Gasteiger partial charge is 0.506 e. The van der Waals surface area contributed by atoms with Crippen molar-refractivity contribution in [3.8, 4) is 5.75 Å². The molecule has 1 aliphatic rings. The molecule has 1 aliphatic heterocycles. The normalized spacial score (nSPS) is 14.6. The van der Waals surface area contributed by atoms with Crippen molar-refractivity contribution < 1.29 is 19.6 Å². The minimum absolute atomic E-state index is 0.0340. The summed E-state index contributed by atoms with van der Waals surface area (Å²) in [4.78, 5) is 26.7. The van der Waals surface area contributed by atoms with Crippen LogP contribution in [0.15, 0.2) is 48.5 Å². The molecular formula is C20H25N4O3+. The summed E-state index contributed by atoms with van der Waals surface area (Å²) < 4.78 is 0. The number of para-hydroxylation sites is 2. The van der Waals surface area contributed by atoms with Gasteiger partial charge in [-0.2, -0.15) is 0 Å². The van der Waals surface area contributed by atoms with Gasteiger partial charge in [0.2, 0.25) is 5.91 Å². The van der Waals surface area contributed by atoms with Crippen LogP contribution in [0.1, 0.15) is 6.92 Å². The number of benzene rings is 2. The van der Waals surface area contributed by atoms with Crippen LogP contribution in [0.2, 0.25) is 0 Å². The number of rotatable bonds is 5. The Morgan fingerprint density at radius 3 is 2.19 bits per heavy atom. The molecule has 0 saturated carbocycles. The van der Waals surface area contributed by atoms with E-state index in [0.717, 1.165) is 31.9 Å². The molecule has 1 saturated heterocycles. The van der Waals surface area contributed by atoms with Crippen LogP contribution >= 0.6 is 0 Å². The highest BCUT2D eigenvalue weighted by Crippen LogP contribution is 2.25. The van der Waals surface area contributed by atoms with Crippen LogP contribution < -0.4 is 20.4 Å². The van der Waals surface area contributed by atoms with E-state index in [0.29, 0.717) is 23.7 Å². The van der Waals surface area contributed by atoms with Gasteiger partial charge in [-0.05, 0) is 36.4 Å². The zero-order chi connectivity index (χ0) is 19.2. The lowest BCUT2D eigenvalue weighted by Gasteiger charge is -2.33. The van der Waals surface area contributed by atoms with Gasteiger partial charge in [-0.25, -0.2) is 0 Å². The SMILES string of the molecule is CC(=O)Nc1ccc(NC(=O)C[NH+]2CCN(c3ccccc3O)CC2)cc1. The van der Waals surface area contributed by atoms with Crippen LogP contribution in [0.3, 0.4) is 0 Å². The fraction of sp³-hybridized carbons (Fsp3) is 0.300. The van der Waals surface area contributed by atoms with Gasteiger partial charge in [0, 0.05) is 18.3 Å². The molecule has 1 fully saturated rings. The highest BCUT2D eigenvalue weighted by Gasteiger charge is 2.23. The smallest absolute Gasteiger partial charge is 0.279 e. The number of phenols is 1. The van der Waals surface area contributed by atoms with Crippen LogP contribution in [0.4, 0.5) is 17.1 Å². The van der Waals surface area contributed by atoms with E-state index in [1.165, 1.54) is 11.8 Å². The second-order valence-corrected chi connectivity index (χ2v) is 6.71. The Kier molecular flexibility index (Phi) is 5.93. The number of amides is 2. The summed E-state index contributed by atoms with van der Waals surface area (Å²) in [5, 5.41) is 15.6. The average Bonchev–Trinajstić information content (AvgIpc) is 2.64. The molecule has 2 amide bonds. The molecule has 3 rings (SSSR count). The van der Waals surface area contributed by atoms with Gasteiger partial charge in [-0.15, -0.1) is 0 Å². The minimum atomic E-state index is -0.127. The lowest BCUT2D eigenvalue weighted by atomic mass is 10.2. The summed E-state index contributed by atoms with van der Waals surface area (Å²) in [5.74, 6) is 0.132. The predicted molar refractivity (Wildman–Crippen MR) is 105 cm³/mol. The Morgan fingerprint density at radius 1 is 1.00 bits per heavy atom. The molecule has 2 aromatic rings. The number of carbonyl (C=O) groups excluding carboxylic acids is 2. The molecule has 7 nitrogen and oxygen atoms in total. The van der Waals surface area contributed by atoms with Crippen molar-refractivity contribution in [2.75, 3.05) is 48.3 Å². The quantitative estimate of drug-likeness (QED) is 0.625. The van der Waals surface area contributed by atoms with E-state index in [9.17, 15) is 14.7 Å². The third-order valence-corrected chi connectivity index (χ3v) is 4.59. The molecule has 0 atom stereocenters. The summed E-state index contributed by atoms with van der Waals surface area (Å²) in [6.45, 7) is 5.13. The van der Waals surface area contributed by atoms with Gasteiger partial charge in [0.05, 0.1) is 31.9 Å². The molecule has 0 aromatic heterocycles. The number of phenolic OH excluding ortho intramolecular Hbond substituents is 1. The van der Waals surface area contributed by atoms with E-state index in [1.807, 2.05) is 18.2 Å². The molecule has 142 valence electrons. The average molecular weight is 369 g/mol. The Bertz CT molecular complexity index is 799. The highest BCUT2D eigenvalue weighted by atomic mass is 16.3. The third-order valence-electron chi connectivity index (χ3n) is 4.59. The number of anilines is 3. The van der Waals surface area contributed by atoms with Crippen molar-refractivity contribution in [3.63, 3.8) is 0 Å². The van der Waals surface area contributed by atoms with E-state index in [-0.39, 0.29) is 11.8 Å². The maximum absolute atomic E-state index is 12.3. The molecule has 0 bridgehead atoms. The van der Waals surface area contributed by atoms with E-state index in [4.69, 9.17) is 0 Å². The molecule has 27 heavy (non-hydrogen) atoms. The second-order valence-electron chi connectivity index (χ2n) is 6.71. The van der Waals surface area contributed by atoms with Gasteiger partial charge >= 0.3 is 0 Å². The van der Waals surface area contributed by atoms with Gasteiger partial charge in [-0.3, -0.25) is 9.59 Å². The van der Waals surface area contributed by atoms with E-state index < -0.39 is 0 Å². The fourth-order valence-corrected chi connectivity index (χ4v) is 3.24. The molecule has 0 radical (unpaired) electrons. The molecular weight excluding hydrogens is 344 g/mol. The van der Waals surface area contributed by atoms with Crippen LogP contribution in [-0.4, -0.2) is 49.6 Å². The van der Waals surface area contributed by atoms with E-state index in [1.54, 1.807) is 30.3 Å². The summed E-state index contributed by atoms with van der Waals surface area (Å²) in [6, 6.07) is 14.4. The fourth-order valence-electron chi connectivity index (χ4n) is 3.24. The molecule has 1 heterocycles. The van der Waals surface area contributed by atoms with Crippen molar-refractivity contribution in [3.05, 3.63) is 48.5 Å². The van der Waals surface area contributed by atoms with Gasteiger partial charge < -0.3 is 25.5 Å². The number of carbonyl (C=O) groups is 2. The summed E-state index contributed by atoms with van der Waals surface area (Å²) in [7, 11) is 0. The maximum atomic E-state index is 12.3. The van der Waals surface area contributed by atoms with Crippen molar-refractivity contribution in [1.29, 1.82) is 0 Å². The Morgan fingerprint density at radius 2 is 1.59 bits per heavy atom. The number of hydrogen-bond donors (Lipinski definition) is 4. The monoisotopic (exact) mass is 369 g/mol. The van der Waals surface area contributed by atoms with Crippen LogP contribution in [0.25, 0.3) is 0 Å². The van der Waals surface area contributed by atoms with Crippen LogP contribution in [-0.2, 0) is 9.59 Å². The first-order valence-electron chi connectivity index (χ1n) is 9.05. The van der Waals surface area contributed by atoms with Crippen molar-refractivity contribution in [1.82, 2.24) is 0 Å². The van der Waals surface area contributed by atoms with Crippen molar-refractivity contribution >= 4 is 28.9 Å². The molecule has 0 spiro atoms. The lowest BCUT2D eigenvalue weighted by molar-refractivity contribution is -0.892. The Balaban J connectivity index is 1.47.